The van der Waals surface area contributed by atoms with Crippen molar-refractivity contribution in [3.63, 3.8) is 0 Å². The summed E-state index contributed by atoms with van der Waals surface area (Å²) in [6.07, 6.45) is 8.67. The van der Waals surface area contributed by atoms with Gasteiger partial charge >= 0.3 is 0 Å². The summed E-state index contributed by atoms with van der Waals surface area (Å²) in [5, 5.41) is 38.8. The van der Waals surface area contributed by atoms with E-state index in [1.807, 2.05) is 58.2 Å². The summed E-state index contributed by atoms with van der Waals surface area (Å²) < 4.78 is 0. The largest absolute Gasteiger partial charge is 0.512 e. The number of allylic oxidation sites excluding steroid dienone is 8. The zero-order valence-corrected chi connectivity index (χ0v) is 92.3. The molecule has 4 N–H and O–H groups in total. The van der Waals surface area contributed by atoms with Gasteiger partial charge in [-0.05, 0) is 223 Å². The quantitative estimate of drug-likeness (QED) is 0.0320. The predicted molar refractivity (Wildman–Crippen MR) is 541 cm³/mol. The molecule has 12 nitrogen and oxygen atoms in total. The van der Waals surface area contributed by atoms with Crippen LogP contribution in [0.1, 0.15) is 204 Å². The van der Waals surface area contributed by atoms with Crippen molar-refractivity contribution >= 4 is 55.8 Å². The fourth-order valence-electron chi connectivity index (χ4n) is 14.5. The number of nitrogens with zero attached hydrogens (tertiary/aromatic N) is 4. The number of aliphatic hydroxyl groups excluding tert-OH is 4. The van der Waals surface area contributed by atoms with Crippen LogP contribution in [0.3, 0.4) is 0 Å². The first-order valence-electron chi connectivity index (χ1n) is 44.7. The van der Waals surface area contributed by atoms with Crippen molar-refractivity contribution in [1.82, 2.24) is 19.9 Å². The van der Waals surface area contributed by atoms with E-state index in [-0.39, 0.29) is 127 Å². The summed E-state index contributed by atoms with van der Waals surface area (Å²) in [7, 11) is 0. The van der Waals surface area contributed by atoms with Gasteiger partial charge in [0.05, 0.1) is 39.6 Å². The van der Waals surface area contributed by atoms with E-state index < -0.39 is 0 Å². The maximum Gasteiger partial charge on any atom is 0.159 e. The molecule has 9 aromatic carbocycles. The number of aryl methyl sites for hydroxylation is 9. The van der Waals surface area contributed by atoms with Gasteiger partial charge in [0.2, 0.25) is 0 Å². The van der Waals surface area contributed by atoms with Crippen LogP contribution in [0.15, 0.2) is 253 Å². The minimum absolute atomic E-state index is 0. The first kappa shape index (κ1) is 119. The monoisotopic (exact) mass is 2500 g/mol. The topological polar surface area (TPSA) is 201 Å². The molecule has 0 amide bonds. The van der Waals surface area contributed by atoms with Gasteiger partial charge in [0.1, 0.15) is 0 Å². The number of carbonyl (C=O) groups is 4. The van der Waals surface area contributed by atoms with Crippen LogP contribution >= 0.6 is 0 Å². The van der Waals surface area contributed by atoms with E-state index in [1.54, 1.807) is 13.8 Å². The third-order valence-electron chi connectivity index (χ3n) is 20.4. The Bertz CT molecular complexity index is 6000. The summed E-state index contributed by atoms with van der Waals surface area (Å²) in [5.74, 6) is 2.81. The van der Waals surface area contributed by atoms with Crippen LogP contribution in [-0.2, 0) is 119 Å². The molecule has 13 rings (SSSR count). The average Bonchev–Trinajstić information content (AvgIpc) is 0.781. The van der Waals surface area contributed by atoms with Crippen molar-refractivity contribution in [2.75, 3.05) is 0 Å². The van der Waals surface area contributed by atoms with Gasteiger partial charge < -0.3 is 25.4 Å². The molecule has 0 saturated carbocycles. The van der Waals surface area contributed by atoms with E-state index >= 15 is 0 Å². The maximum atomic E-state index is 11.2. The molecule has 4 aromatic heterocycles. The van der Waals surface area contributed by atoms with Crippen molar-refractivity contribution in [2.24, 2.45) is 29.6 Å². The van der Waals surface area contributed by atoms with E-state index in [4.69, 9.17) is 30.3 Å². The summed E-state index contributed by atoms with van der Waals surface area (Å²) >= 11 is 0. The van der Waals surface area contributed by atoms with E-state index in [2.05, 4.69) is 309 Å². The Labute approximate surface area is 848 Å². The van der Waals surface area contributed by atoms with E-state index in [0.29, 0.717) is 53.6 Å². The van der Waals surface area contributed by atoms with Gasteiger partial charge in [-0.15, -0.1) is 141 Å². The summed E-state index contributed by atoms with van der Waals surface area (Å²) in [6.45, 7) is 52.6. The van der Waals surface area contributed by atoms with Gasteiger partial charge in [-0.1, -0.05) is 231 Å². The molecule has 0 saturated heterocycles. The molecule has 0 atom stereocenters. The number of hydrogen-bond donors (Lipinski definition) is 4. The zero-order valence-electron chi connectivity index (χ0n) is 82.8. The van der Waals surface area contributed by atoms with E-state index in [0.717, 1.165) is 97.5 Å². The minimum atomic E-state index is -0.125. The predicted octanol–water partition coefficient (Wildman–Crippen LogP) is 30.3. The van der Waals surface area contributed by atoms with Gasteiger partial charge in [0.25, 0.3) is 0 Å². The van der Waals surface area contributed by atoms with Gasteiger partial charge in [-0.25, -0.2) is 0 Å². The zero-order chi connectivity index (χ0) is 95.6. The van der Waals surface area contributed by atoms with Crippen molar-refractivity contribution in [3.8, 4) is 67.3 Å². The Morgan fingerprint density at radius 2 is 0.737 bits per heavy atom. The molecule has 0 unspecified atom stereocenters. The maximum absolute atomic E-state index is 11.2. The molecule has 0 aliphatic carbocycles. The van der Waals surface area contributed by atoms with E-state index in [1.165, 1.54) is 142 Å². The molecular formula is C117H136Ir4N4O8-4. The number of para-hydroxylation sites is 1. The third kappa shape index (κ3) is 41.7. The number of Topliss-reactive ketones (excluding diaryl/α,β-unsaturated/α-hetero) is 2. The van der Waals surface area contributed by atoms with Crippen LogP contribution in [0, 0.1) is 116 Å². The Hall–Kier alpha value is -10.2. The summed E-state index contributed by atoms with van der Waals surface area (Å²) in [5.41, 5.74) is 32.5. The van der Waals surface area contributed by atoms with Crippen LogP contribution in [0.4, 0.5) is 0 Å². The van der Waals surface area contributed by atoms with Crippen LogP contribution < -0.4 is 0 Å². The molecule has 133 heavy (non-hydrogen) atoms. The smallest absolute Gasteiger partial charge is 0.159 e. The molecule has 0 fully saturated rings. The van der Waals surface area contributed by atoms with E-state index in [9.17, 15) is 24.3 Å². The number of pyridine rings is 4. The Kier molecular flexibility index (Phi) is 52.6. The first-order valence-corrected chi connectivity index (χ1v) is 44.7. The fraction of sp³-hybridized carbons (Fsp3) is 0.316. The number of aliphatic hydroxyl groups is 4. The molecule has 0 aliphatic rings. The second-order valence-electron chi connectivity index (χ2n) is 36.0. The molecule has 712 valence electrons. The summed E-state index contributed by atoms with van der Waals surface area (Å²) in [4.78, 5) is 61.2. The average molecular weight is 2500 g/mol. The number of aromatic nitrogens is 4. The number of fused-ring (bicyclic) bond motifs is 3. The van der Waals surface area contributed by atoms with Crippen molar-refractivity contribution in [2.45, 2.75) is 219 Å². The van der Waals surface area contributed by atoms with Gasteiger partial charge in [-0.2, -0.15) is 0 Å². The number of ketones is 4. The van der Waals surface area contributed by atoms with Crippen LogP contribution in [0.25, 0.3) is 100.0 Å². The van der Waals surface area contributed by atoms with Crippen molar-refractivity contribution in [3.05, 3.63) is 344 Å². The Morgan fingerprint density at radius 3 is 1.12 bits per heavy atom. The number of rotatable bonds is 20. The SMILES string of the molecule is CC(=O)C(C)=C(C)O.CC(=O)C(C)=C(C)O.CC(=O)C=C(C)O.CC(C)CC(=O)C=C(O)CC(C)C.Cc1[c-]c(-c2cc(CC(C)C)c3cc(-c4ccccc4)ccc3n2)cc(C)c1.Cc1[c-]c(-c2cc(CC(C)C)c3cc(C)ccc3n2)cc(C)c1.Cc1[c-]c(-c2cc(CC(C)C)c3ccccc3n2)cc(C)c1.Cc1cc(C)cc(-c2ccnc(-c3[c-]cccc3)c2)c1.[Ir].[Ir].[Ir].[Ir]. The van der Waals surface area contributed by atoms with Gasteiger partial charge in [0, 0.05) is 139 Å². The number of benzene rings is 9. The molecule has 13 aromatic rings. The molecule has 16 heteroatoms. The Balaban J connectivity index is 0.000000533. The number of hydrogen-bond acceptors (Lipinski definition) is 12. The second kappa shape index (κ2) is 58.8. The molecule has 0 bridgehead atoms. The normalized spacial score (nSPS) is 11.2. The van der Waals surface area contributed by atoms with Gasteiger partial charge in [0.15, 0.2) is 23.1 Å². The van der Waals surface area contributed by atoms with Crippen molar-refractivity contribution < 1.29 is 120 Å². The van der Waals surface area contributed by atoms with Crippen LogP contribution in [0.5, 0.6) is 0 Å². The van der Waals surface area contributed by atoms with Crippen LogP contribution in [-0.4, -0.2) is 63.5 Å². The minimum Gasteiger partial charge on any atom is -0.512 e. The Morgan fingerprint density at radius 1 is 0.338 bits per heavy atom. The second-order valence-corrected chi connectivity index (χ2v) is 36.0. The van der Waals surface area contributed by atoms with Gasteiger partial charge in [-0.3, -0.25) is 34.1 Å². The number of carbonyl (C=O) groups excluding carboxylic acids is 4. The molecular weight excluding hydrogens is 2360 g/mol. The molecule has 4 radical (unpaired) electrons. The first-order chi connectivity index (χ1) is 60.8. The van der Waals surface area contributed by atoms with Crippen molar-refractivity contribution in [1.29, 1.82) is 0 Å². The standard InChI is InChI=1S/C27H26N.C22H24N.C21H22N.C19H16N.C11H20O2.2C6H10O2.C5H8O2.4Ir/c1-18(2)12-23-17-27(24-14-19(3)13-20(4)15-24)28-26-11-10-22(16-25(23)26)21-8-6-5-7-9-21;1-14(2)8-18-13-22(19-10-16(4)9-17(5)11-19)23-21-7-6-15(3)12-20(18)21;1-14(2)9-17-13-21(18-11-15(3)10-16(4)12-18)22-20-8-6-5-7-19(17)20;1-14-10-15(2)12-18(11-14)17-8-9-20-19(13-17)16-6-4-3-5-7-16;1-8(2)5-10(12)7-11(13)6-9(3)4;2*1-4(5(2)7)6(3)8;1-4(6)3-5(2)7;;;;/h5-11,13-14,16-18H,12H2,1-4H3;6-7,9-10,12-14H,8H2,1-5H3;5-8,10-11,13-14H,9H2,1-4H3;3-6,8-13H,1-2H3;7-9,12H,5-6H2,1-4H3;2*7H,1-3H3;3,6H,1-2H3;;;;/q4*-1;;;;;;;;. The fourth-order valence-corrected chi connectivity index (χ4v) is 14.5. The molecule has 0 aliphatic heterocycles. The third-order valence-corrected chi connectivity index (χ3v) is 20.4. The molecule has 0 spiro atoms. The molecule has 4 heterocycles. The summed E-state index contributed by atoms with van der Waals surface area (Å²) in [6, 6.07) is 84.3. The van der Waals surface area contributed by atoms with Crippen LogP contribution in [0.2, 0.25) is 0 Å².